The number of carbonyl (C=O) groups is 1. The van der Waals surface area contributed by atoms with Gasteiger partial charge >= 0.3 is 6.03 Å². The van der Waals surface area contributed by atoms with Crippen LogP contribution in [0.3, 0.4) is 0 Å². The molecule has 0 unspecified atom stereocenters. The maximum Gasteiger partial charge on any atom is 0.319 e. The first-order chi connectivity index (χ1) is 15.4. The number of hydrogen-bond donors (Lipinski definition) is 0. The number of amides is 2. The lowest BCUT2D eigenvalue weighted by atomic mass is 9.87. The van der Waals surface area contributed by atoms with E-state index in [9.17, 15) is 9.18 Å². The molecular weight excluding hydrogens is 413 g/mol. The van der Waals surface area contributed by atoms with Gasteiger partial charge in [-0.05, 0) is 0 Å². The van der Waals surface area contributed by atoms with Gasteiger partial charge in [0.05, 0.1) is 30.3 Å². The number of carbonyl (C=O) groups excluding carboxylic acids is 1. The third-order valence-electron chi connectivity index (χ3n) is 5.90. The molecule has 0 spiro atoms. The molecule has 1 aliphatic heterocycles. The molecule has 2 amide bonds. The lowest BCUT2D eigenvalue weighted by Gasteiger charge is -2.50. The van der Waals surface area contributed by atoms with Crippen LogP contribution in [0.1, 0.15) is 6.42 Å². The minimum atomic E-state index is -0.562. The number of urea groups is 1. The predicted molar refractivity (Wildman–Crippen MR) is 116 cm³/mol. The summed E-state index contributed by atoms with van der Waals surface area (Å²) < 4.78 is 18.8. The van der Waals surface area contributed by atoms with Crippen molar-refractivity contribution in [2.45, 2.75) is 12.0 Å². The van der Waals surface area contributed by atoms with Gasteiger partial charge < -0.3 is 9.80 Å². The van der Waals surface area contributed by atoms with Crippen molar-refractivity contribution in [3.8, 4) is 22.6 Å². The summed E-state index contributed by atoms with van der Waals surface area (Å²) in [5, 5.41) is 8.78. The van der Waals surface area contributed by atoms with E-state index in [-0.39, 0.29) is 12.5 Å². The Kier molecular flexibility index (Phi) is 4.68. The number of imidazole rings is 1. The first-order valence-electron chi connectivity index (χ1n) is 10.3. The molecule has 0 aliphatic carbocycles. The van der Waals surface area contributed by atoms with Crippen LogP contribution in [0.5, 0.6) is 0 Å². The number of nitrogens with zero attached hydrogens (tertiary/aromatic N) is 9. The van der Waals surface area contributed by atoms with E-state index in [0.717, 1.165) is 22.5 Å². The zero-order valence-electron chi connectivity index (χ0n) is 18.2. The second-order valence-corrected chi connectivity index (χ2v) is 8.39. The summed E-state index contributed by atoms with van der Waals surface area (Å²) in [5.41, 5.74) is 2.62. The van der Waals surface area contributed by atoms with Gasteiger partial charge in [0.15, 0.2) is 0 Å². The van der Waals surface area contributed by atoms with Crippen LogP contribution in [0.15, 0.2) is 43.2 Å². The molecule has 1 aliphatic rings. The van der Waals surface area contributed by atoms with Crippen molar-refractivity contribution in [2.24, 2.45) is 7.05 Å². The Balaban J connectivity index is 1.52. The summed E-state index contributed by atoms with van der Waals surface area (Å²) in [4.78, 5) is 24.8. The molecule has 0 atom stereocenters. The molecule has 166 valence electrons. The van der Waals surface area contributed by atoms with E-state index in [4.69, 9.17) is 4.98 Å². The molecule has 4 aromatic rings. The maximum absolute atomic E-state index is 13.4. The van der Waals surface area contributed by atoms with Gasteiger partial charge in [0.2, 0.25) is 0 Å². The fourth-order valence-electron chi connectivity index (χ4n) is 4.20. The number of fused-ring (bicyclic) bond motifs is 1. The van der Waals surface area contributed by atoms with Crippen LogP contribution in [0.4, 0.5) is 9.18 Å². The maximum atomic E-state index is 13.4. The largest absolute Gasteiger partial charge is 0.331 e. The first kappa shape index (κ1) is 20.2. The van der Waals surface area contributed by atoms with Crippen LogP contribution in [0.2, 0.25) is 0 Å². The van der Waals surface area contributed by atoms with Gasteiger partial charge in [0, 0.05) is 77.1 Å². The molecule has 11 heteroatoms. The third-order valence-corrected chi connectivity index (χ3v) is 5.90. The molecule has 0 aromatic carbocycles. The average Bonchev–Trinajstić information content (AvgIpc) is 3.49. The number of halogens is 1. The van der Waals surface area contributed by atoms with Gasteiger partial charge in [-0.2, -0.15) is 10.2 Å². The first-order valence-corrected chi connectivity index (χ1v) is 10.3. The predicted octanol–water partition coefficient (Wildman–Crippen LogP) is 2.05. The Morgan fingerprint density at radius 2 is 1.97 bits per heavy atom. The van der Waals surface area contributed by atoms with Crippen LogP contribution >= 0.6 is 0 Å². The summed E-state index contributed by atoms with van der Waals surface area (Å²) in [6.45, 7) is 0.344. The van der Waals surface area contributed by atoms with Gasteiger partial charge in [0.25, 0.3) is 0 Å². The quantitative estimate of drug-likeness (QED) is 0.477. The minimum Gasteiger partial charge on any atom is -0.331 e. The monoisotopic (exact) mass is 437 g/mol. The number of aryl methyl sites for hydroxylation is 1. The standard InChI is InChI=1S/C21H24FN9O/c1-27(2)20(32)29-13-21(14-29,4-5-22)31-12-16(10-25-31)19-26-17(15-9-24-28(3)11-15)8-18-23-6-7-30(18)19/h6-12H,4-5,13-14H2,1-3H3. The van der Waals surface area contributed by atoms with Gasteiger partial charge in [0.1, 0.15) is 17.0 Å². The van der Waals surface area contributed by atoms with E-state index < -0.39 is 12.2 Å². The minimum absolute atomic E-state index is 0.0853. The summed E-state index contributed by atoms with van der Waals surface area (Å²) in [6.07, 6.45) is 11.1. The fourth-order valence-corrected chi connectivity index (χ4v) is 4.20. The Morgan fingerprint density at radius 1 is 1.19 bits per heavy atom. The third kappa shape index (κ3) is 3.20. The highest BCUT2D eigenvalue weighted by Crippen LogP contribution is 2.34. The highest BCUT2D eigenvalue weighted by atomic mass is 19.1. The van der Waals surface area contributed by atoms with Gasteiger partial charge in [-0.25, -0.2) is 14.8 Å². The molecule has 1 fully saturated rings. The van der Waals surface area contributed by atoms with Crippen LogP contribution in [-0.2, 0) is 12.6 Å². The highest BCUT2D eigenvalue weighted by Gasteiger charge is 2.47. The van der Waals surface area contributed by atoms with E-state index in [1.807, 2.05) is 36.1 Å². The van der Waals surface area contributed by atoms with Gasteiger partial charge in [-0.1, -0.05) is 0 Å². The summed E-state index contributed by atoms with van der Waals surface area (Å²) in [5.74, 6) is 0.682. The van der Waals surface area contributed by atoms with Crippen molar-refractivity contribution in [1.82, 2.24) is 43.7 Å². The Bertz CT molecular complexity index is 1280. The van der Waals surface area contributed by atoms with Gasteiger partial charge in [-0.3, -0.25) is 18.2 Å². The SMILES string of the molecule is CN(C)C(=O)N1CC(CCF)(n2cc(-c3nc(-c4cnn(C)c4)cc4nccn34)cn2)C1. The zero-order valence-corrected chi connectivity index (χ0v) is 18.2. The van der Waals surface area contributed by atoms with Gasteiger partial charge in [-0.15, -0.1) is 0 Å². The van der Waals surface area contributed by atoms with Crippen LogP contribution < -0.4 is 0 Å². The molecular formula is C21H24FN9O. The van der Waals surface area contributed by atoms with Crippen molar-refractivity contribution >= 4 is 11.7 Å². The van der Waals surface area contributed by atoms with E-state index in [2.05, 4.69) is 15.2 Å². The van der Waals surface area contributed by atoms with Crippen LogP contribution in [-0.4, -0.2) is 83.6 Å². The van der Waals surface area contributed by atoms with Crippen molar-refractivity contribution in [3.05, 3.63) is 43.2 Å². The molecule has 0 bridgehead atoms. The Hall–Kier alpha value is -3.76. The summed E-state index contributed by atoms with van der Waals surface area (Å²) in [7, 11) is 5.28. The van der Waals surface area contributed by atoms with E-state index in [1.54, 1.807) is 46.9 Å². The Morgan fingerprint density at radius 3 is 2.66 bits per heavy atom. The van der Waals surface area contributed by atoms with Crippen molar-refractivity contribution in [3.63, 3.8) is 0 Å². The van der Waals surface area contributed by atoms with Crippen molar-refractivity contribution < 1.29 is 9.18 Å². The Labute approximate surface area is 183 Å². The average molecular weight is 437 g/mol. The van der Waals surface area contributed by atoms with E-state index in [0.29, 0.717) is 18.9 Å². The second kappa shape index (κ2) is 7.43. The van der Waals surface area contributed by atoms with Crippen LogP contribution in [0, 0.1) is 0 Å². The molecule has 0 radical (unpaired) electrons. The normalized spacial score (nSPS) is 15.2. The highest BCUT2D eigenvalue weighted by molar-refractivity contribution is 5.75. The van der Waals surface area contributed by atoms with E-state index in [1.165, 1.54) is 4.90 Å². The summed E-state index contributed by atoms with van der Waals surface area (Å²) in [6, 6.07) is 1.82. The second-order valence-electron chi connectivity index (χ2n) is 8.39. The number of alkyl halides is 1. The number of likely N-dealkylation sites (tertiary alicyclic amines) is 1. The molecule has 5 rings (SSSR count). The number of rotatable bonds is 5. The molecule has 4 aromatic heterocycles. The van der Waals surface area contributed by atoms with Crippen LogP contribution in [0.25, 0.3) is 28.3 Å². The molecule has 0 N–H and O–H groups in total. The number of hydrogen-bond acceptors (Lipinski definition) is 5. The fraction of sp³-hybridized carbons (Fsp3) is 0.381. The summed E-state index contributed by atoms with van der Waals surface area (Å²) >= 11 is 0. The molecule has 1 saturated heterocycles. The molecule has 0 saturated carbocycles. The molecule has 10 nitrogen and oxygen atoms in total. The topological polar surface area (TPSA) is 89.4 Å². The zero-order chi connectivity index (χ0) is 22.5. The van der Waals surface area contributed by atoms with Crippen molar-refractivity contribution in [2.75, 3.05) is 33.9 Å². The molecule has 32 heavy (non-hydrogen) atoms. The lowest BCUT2D eigenvalue weighted by molar-refractivity contribution is 0.0110. The smallest absolute Gasteiger partial charge is 0.319 e. The molecule has 5 heterocycles. The van der Waals surface area contributed by atoms with E-state index >= 15 is 0 Å². The lowest BCUT2D eigenvalue weighted by Crippen LogP contribution is -2.66. The van der Waals surface area contributed by atoms with Crippen molar-refractivity contribution in [1.29, 1.82) is 0 Å². The number of aromatic nitrogens is 7.